The molecule has 8 heteroatoms. The van der Waals surface area contributed by atoms with Gasteiger partial charge in [-0.15, -0.1) is 0 Å². The van der Waals surface area contributed by atoms with Crippen LogP contribution < -0.4 is 4.74 Å². The largest absolute Gasteiger partial charge is 0.494 e. The standard InChI is InChI=1S/C17H24FNO5S/c1-2-23-17(20)14-8-10-19(11-9-14)25(21,22)13-3-12-24-16-6-4-15(18)5-7-16/h4-7,14H,2-3,8-13H2,1H3. The first-order chi connectivity index (χ1) is 11.9. The summed E-state index contributed by atoms with van der Waals surface area (Å²) in [6.07, 6.45) is 1.33. The lowest BCUT2D eigenvalue weighted by Gasteiger charge is -2.30. The minimum atomic E-state index is -3.36. The fourth-order valence-corrected chi connectivity index (χ4v) is 4.23. The molecule has 25 heavy (non-hydrogen) atoms. The maximum Gasteiger partial charge on any atom is 0.309 e. The summed E-state index contributed by atoms with van der Waals surface area (Å²) in [5, 5.41) is 0. The zero-order valence-corrected chi connectivity index (χ0v) is 15.1. The van der Waals surface area contributed by atoms with Crippen LogP contribution in [0.5, 0.6) is 5.75 Å². The van der Waals surface area contributed by atoms with Crippen LogP contribution in [0.3, 0.4) is 0 Å². The number of benzene rings is 1. The van der Waals surface area contributed by atoms with Crippen LogP contribution in [0.2, 0.25) is 0 Å². The first-order valence-corrected chi connectivity index (χ1v) is 10.1. The molecule has 1 aliphatic heterocycles. The van der Waals surface area contributed by atoms with E-state index in [4.69, 9.17) is 9.47 Å². The molecule has 1 fully saturated rings. The van der Waals surface area contributed by atoms with Crippen LogP contribution in [0.15, 0.2) is 24.3 Å². The van der Waals surface area contributed by atoms with Gasteiger partial charge in [0.05, 0.1) is 24.9 Å². The lowest BCUT2D eigenvalue weighted by Crippen LogP contribution is -2.41. The highest BCUT2D eigenvalue weighted by Gasteiger charge is 2.31. The van der Waals surface area contributed by atoms with Crippen LogP contribution in [0.25, 0.3) is 0 Å². The van der Waals surface area contributed by atoms with E-state index in [1.54, 1.807) is 6.92 Å². The third-order valence-corrected chi connectivity index (χ3v) is 6.05. The smallest absolute Gasteiger partial charge is 0.309 e. The normalized spacial score (nSPS) is 16.6. The fraction of sp³-hybridized carbons (Fsp3) is 0.588. The van der Waals surface area contributed by atoms with Crippen molar-refractivity contribution < 1.29 is 27.1 Å². The monoisotopic (exact) mass is 373 g/mol. The van der Waals surface area contributed by atoms with Gasteiger partial charge in [0.25, 0.3) is 0 Å². The number of hydrogen-bond donors (Lipinski definition) is 0. The summed E-state index contributed by atoms with van der Waals surface area (Å²) in [4.78, 5) is 11.7. The van der Waals surface area contributed by atoms with Crippen LogP contribution in [0, 0.1) is 11.7 Å². The fourth-order valence-electron chi connectivity index (χ4n) is 2.72. The minimum absolute atomic E-state index is 0.0156. The molecule has 1 aromatic carbocycles. The maximum absolute atomic E-state index is 12.8. The molecule has 0 spiro atoms. The molecule has 0 bridgehead atoms. The second kappa shape index (κ2) is 9.15. The predicted octanol–water partition coefficient (Wildman–Crippen LogP) is 2.20. The van der Waals surface area contributed by atoms with Crippen molar-refractivity contribution in [1.29, 1.82) is 0 Å². The number of rotatable bonds is 8. The van der Waals surface area contributed by atoms with Gasteiger partial charge in [-0.3, -0.25) is 4.79 Å². The summed E-state index contributed by atoms with van der Waals surface area (Å²) in [6.45, 7) is 3.01. The highest BCUT2D eigenvalue weighted by atomic mass is 32.2. The van der Waals surface area contributed by atoms with Crippen molar-refractivity contribution in [1.82, 2.24) is 4.31 Å². The zero-order valence-electron chi connectivity index (χ0n) is 14.3. The van der Waals surface area contributed by atoms with E-state index >= 15 is 0 Å². The van der Waals surface area contributed by atoms with Crippen molar-refractivity contribution >= 4 is 16.0 Å². The Labute approximate surface area is 148 Å². The minimum Gasteiger partial charge on any atom is -0.494 e. The van der Waals surface area contributed by atoms with Gasteiger partial charge in [0.2, 0.25) is 10.0 Å². The number of halogens is 1. The molecule has 0 N–H and O–H groups in total. The van der Waals surface area contributed by atoms with E-state index in [0.29, 0.717) is 44.7 Å². The highest BCUT2D eigenvalue weighted by Crippen LogP contribution is 2.21. The number of piperidine rings is 1. The Bertz CT molecular complexity index is 654. The number of esters is 1. The van der Waals surface area contributed by atoms with E-state index in [2.05, 4.69) is 0 Å². The number of sulfonamides is 1. The van der Waals surface area contributed by atoms with Crippen molar-refractivity contribution in [2.45, 2.75) is 26.2 Å². The molecule has 0 atom stereocenters. The van der Waals surface area contributed by atoms with Gasteiger partial charge in [-0.25, -0.2) is 17.1 Å². The van der Waals surface area contributed by atoms with Crippen LogP contribution in [-0.4, -0.2) is 50.7 Å². The SMILES string of the molecule is CCOC(=O)C1CCN(S(=O)(=O)CCCOc2ccc(F)cc2)CC1. The van der Waals surface area contributed by atoms with Gasteiger partial charge in [-0.1, -0.05) is 0 Å². The average Bonchev–Trinajstić information content (AvgIpc) is 2.60. The van der Waals surface area contributed by atoms with Crippen molar-refractivity contribution in [2.24, 2.45) is 5.92 Å². The number of nitrogens with zero attached hydrogens (tertiary/aromatic N) is 1. The van der Waals surface area contributed by atoms with Gasteiger partial charge >= 0.3 is 5.97 Å². The van der Waals surface area contributed by atoms with E-state index in [-0.39, 0.29) is 30.1 Å². The quantitative estimate of drug-likeness (QED) is 0.516. The number of carbonyl (C=O) groups excluding carboxylic acids is 1. The molecule has 0 aromatic heterocycles. The van der Waals surface area contributed by atoms with Gasteiger partial charge in [-0.2, -0.15) is 0 Å². The van der Waals surface area contributed by atoms with Gasteiger partial charge < -0.3 is 9.47 Å². The molecule has 0 aliphatic carbocycles. The van der Waals surface area contributed by atoms with E-state index in [1.165, 1.54) is 28.6 Å². The van der Waals surface area contributed by atoms with Gasteiger partial charge in [0.1, 0.15) is 11.6 Å². The van der Waals surface area contributed by atoms with Crippen LogP contribution in [0.4, 0.5) is 4.39 Å². The Morgan fingerprint density at radius 2 is 1.88 bits per heavy atom. The Balaban J connectivity index is 1.72. The van der Waals surface area contributed by atoms with Gasteiger partial charge in [0.15, 0.2) is 0 Å². The Morgan fingerprint density at radius 3 is 2.48 bits per heavy atom. The van der Waals surface area contributed by atoms with E-state index < -0.39 is 10.0 Å². The molecule has 140 valence electrons. The first kappa shape index (κ1) is 19.7. The van der Waals surface area contributed by atoms with Gasteiger partial charge in [0, 0.05) is 13.1 Å². The van der Waals surface area contributed by atoms with E-state index in [9.17, 15) is 17.6 Å². The lowest BCUT2D eigenvalue weighted by atomic mass is 9.98. The molecule has 0 saturated carbocycles. The van der Waals surface area contributed by atoms with Crippen molar-refractivity contribution in [3.63, 3.8) is 0 Å². The summed E-state index contributed by atoms with van der Waals surface area (Å²) in [5.41, 5.74) is 0. The van der Waals surface area contributed by atoms with Crippen LogP contribution in [0.1, 0.15) is 26.2 Å². The average molecular weight is 373 g/mol. The molecule has 0 radical (unpaired) electrons. The van der Waals surface area contributed by atoms with Gasteiger partial charge in [-0.05, 0) is 50.5 Å². The molecular weight excluding hydrogens is 349 g/mol. The molecule has 1 saturated heterocycles. The number of ether oxygens (including phenoxy) is 2. The molecule has 6 nitrogen and oxygen atoms in total. The highest BCUT2D eigenvalue weighted by molar-refractivity contribution is 7.89. The third kappa shape index (κ3) is 5.97. The number of hydrogen-bond acceptors (Lipinski definition) is 5. The molecule has 0 amide bonds. The van der Waals surface area contributed by atoms with Crippen molar-refractivity contribution in [3.8, 4) is 5.75 Å². The molecule has 1 aromatic rings. The second-order valence-corrected chi connectivity index (χ2v) is 7.99. The Morgan fingerprint density at radius 1 is 1.24 bits per heavy atom. The second-order valence-electron chi connectivity index (χ2n) is 5.90. The Hall–Kier alpha value is -1.67. The van der Waals surface area contributed by atoms with Crippen molar-refractivity contribution in [2.75, 3.05) is 32.1 Å². The lowest BCUT2D eigenvalue weighted by molar-refractivity contribution is -0.149. The van der Waals surface area contributed by atoms with Crippen molar-refractivity contribution in [3.05, 3.63) is 30.1 Å². The first-order valence-electron chi connectivity index (χ1n) is 8.45. The van der Waals surface area contributed by atoms with E-state index in [0.717, 1.165) is 0 Å². The van der Waals surface area contributed by atoms with E-state index in [1.807, 2.05) is 0 Å². The summed E-state index contributed by atoms with van der Waals surface area (Å²) in [7, 11) is -3.36. The Kier molecular flexibility index (Phi) is 7.19. The summed E-state index contributed by atoms with van der Waals surface area (Å²) in [5.74, 6) is -0.311. The molecular formula is C17H24FNO5S. The maximum atomic E-state index is 12.8. The molecule has 2 rings (SSSR count). The molecule has 0 unspecified atom stereocenters. The topological polar surface area (TPSA) is 72.9 Å². The summed E-state index contributed by atoms with van der Waals surface area (Å²) in [6, 6.07) is 5.59. The molecule has 1 aliphatic rings. The molecule has 1 heterocycles. The summed E-state index contributed by atoms with van der Waals surface area (Å²) < 4.78 is 49.3. The van der Waals surface area contributed by atoms with Crippen LogP contribution >= 0.6 is 0 Å². The summed E-state index contributed by atoms with van der Waals surface area (Å²) >= 11 is 0. The number of carbonyl (C=O) groups is 1. The van der Waals surface area contributed by atoms with Crippen LogP contribution in [-0.2, 0) is 19.6 Å². The third-order valence-electron chi connectivity index (χ3n) is 4.10. The predicted molar refractivity (Wildman–Crippen MR) is 91.2 cm³/mol. The zero-order chi connectivity index (χ0) is 18.3.